The molecule has 2 heterocycles. The van der Waals surface area contributed by atoms with E-state index in [0.717, 1.165) is 9.61 Å². The van der Waals surface area contributed by atoms with Crippen molar-refractivity contribution in [2.24, 2.45) is 10.7 Å². The third kappa shape index (κ3) is 5.49. The van der Waals surface area contributed by atoms with Crippen molar-refractivity contribution in [3.05, 3.63) is 68.4 Å². The molecule has 32 heavy (non-hydrogen) atoms. The van der Waals surface area contributed by atoms with Crippen molar-refractivity contribution in [3.8, 4) is 11.1 Å². The van der Waals surface area contributed by atoms with Gasteiger partial charge in [-0.25, -0.2) is 0 Å². The van der Waals surface area contributed by atoms with Gasteiger partial charge in [0, 0.05) is 28.2 Å². The van der Waals surface area contributed by atoms with E-state index in [2.05, 4.69) is 10.3 Å². The highest BCUT2D eigenvalue weighted by Crippen LogP contribution is 2.31. The Morgan fingerprint density at radius 2 is 2.06 bits per heavy atom. The number of amides is 1. The first kappa shape index (κ1) is 23.4. The summed E-state index contributed by atoms with van der Waals surface area (Å²) in [6, 6.07) is 12.1. The van der Waals surface area contributed by atoms with Gasteiger partial charge in [-0.3, -0.25) is 15.2 Å². The van der Waals surface area contributed by atoms with Crippen LogP contribution in [0.25, 0.3) is 11.1 Å². The van der Waals surface area contributed by atoms with Crippen LogP contribution in [0.15, 0.2) is 47.5 Å². The first-order valence-corrected chi connectivity index (χ1v) is 11.1. The number of pyridine rings is 1. The molecule has 0 saturated heterocycles. The van der Waals surface area contributed by atoms with Crippen LogP contribution in [-0.2, 0) is 17.8 Å². The fourth-order valence-corrected chi connectivity index (χ4v) is 4.29. The zero-order chi connectivity index (χ0) is 23.4. The van der Waals surface area contributed by atoms with Crippen molar-refractivity contribution in [2.45, 2.75) is 32.9 Å². The molecular weight excluding hydrogens is 448 g/mol. The van der Waals surface area contributed by atoms with E-state index >= 15 is 0 Å². The summed E-state index contributed by atoms with van der Waals surface area (Å²) in [5.41, 5.74) is 13.7. The number of amidine groups is 1. The molecule has 7 N–H and O–H groups in total. The van der Waals surface area contributed by atoms with Crippen LogP contribution in [0.1, 0.15) is 29.3 Å². The Morgan fingerprint density at radius 3 is 2.69 bits per heavy atom. The average molecular weight is 473 g/mol. The van der Waals surface area contributed by atoms with Crippen molar-refractivity contribution >= 4 is 40.4 Å². The number of hydrogen-bond donors (Lipinski definition) is 5. The molecule has 1 aromatic carbocycles. The van der Waals surface area contributed by atoms with Crippen LogP contribution in [0.2, 0.25) is 5.02 Å². The topological polar surface area (TPSA) is 143 Å². The second kappa shape index (κ2) is 9.88. The van der Waals surface area contributed by atoms with Gasteiger partial charge in [0.1, 0.15) is 5.84 Å². The van der Waals surface area contributed by atoms with E-state index in [4.69, 9.17) is 28.5 Å². The number of nitrogens with one attached hydrogen (secondary N) is 2. The molecule has 0 spiro atoms. The van der Waals surface area contributed by atoms with Gasteiger partial charge < -0.3 is 22.0 Å². The summed E-state index contributed by atoms with van der Waals surface area (Å²) in [6.45, 7) is 4.03. The molecule has 2 aromatic heterocycles. The minimum atomic E-state index is -0.312. The van der Waals surface area contributed by atoms with Gasteiger partial charge in [-0.1, -0.05) is 23.7 Å². The van der Waals surface area contributed by atoms with Crippen molar-refractivity contribution in [2.75, 3.05) is 5.73 Å². The van der Waals surface area contributed by atoms with E-state index in [9.17, 15) is 10.0 Å². The molecule has 0 saturated carbocycles. The van der Waals surface area contributed by atoms with Crippen LogP contribution in [0.3, 0.4) is 0 Å². The van der Waals surface area contributed by atoms with Gasteiger partial charge in [0.25, 0.3) is 0 Å². The third-order valence-electron chi connectivity index (χ3n) is 4.54. The summed E-state index contributed by atoms with van der Waals surface area (Å²) in [5, 5.41) is 21.6. The van der Waals surface area contributed by atoms with Crippen LogP contribution in [0, 0.1) is 5.41 Å². The van der Waals surface area contributed by atoms with Gasteiger partial charge in [0.15, 0.2) is 5.49 Å². The number of anilines is 1. The molecule has 1 amide bonds. The highest BCUT2D eigenvalue weighted by molar-refractivity contribution is 7.14. The van der Waals surface area contributed by atoms with E-state index in [1.54, 1.807) is 30.3 Å². The molecule has 8 nitrogen and oxygen atoms in total. The molecule has 3 aromatic rings. The van der Waals surface area contributed by atoms with Gasteiger partial charge in [-0.15, -0.1) is 11.3 Å². The Morgan fingerprint density at radius 1 is 1.31 bits per heavy atom. The first-order valence-electron chi connectivity index (χ1n) is 9.89. The number of carbonyl (C=O) groups excluding carboxylic acids is 1. The Labute approximate surface area is 194 Å². The normalized spacial score (nSPS) is 11.7. The number of benzene rings is 1. The predicted octanol–water partition coefficient (Wildman–Crippen LogP) is 3.14. The molecule has 0 atom stereocenters. The van der Waals surface area contributed by atoms with Crippen molar-refractivity contribution in [1.82, 2.24) is 10.0 Å². The molecule has 0 radical (unpaired) electrons. The van der Waals surface area contributed by atoms with Gasteiger partial charge in [-0.2, -0.15) is 4.73 Å². The quantitative estimate of drug-likeness (QED) is 0.156. The minimum Gasteiger partial charge on any atom is -0.427 e. The molecule has 0 unspecified atom stereocenters. The summed E-state index contributed by atoms with van der Waals surface area (Å²) in [6.07, 6.45) is -0.132. The molecule has 10 heteroatoms. The molecule has 0 aliphatic rings. The largest absolute Gasteiger partial charge is 0.427 e. The van der Waals surface area contributed by atoms with Gasteiger partial charge in [0.05, 0.1) is 28.6 Å². The van der Waals surface area contributed by atoms with Crippen LogP contribution >= 0.6 is 22.9 Å². The van der Waals surface area contributed by atoms with Crippen molar-refractivity contribution in [1.29, 1.82) is 5.41 Å². The Kier molecular flexibility index (Phi) is 7.22. The molecule has 0 fully saturated rings. The third-order valence-corrected chi connectivity index (χ3v) is 5.95. The maximum absolute atomic E-state index is 12.8. The van der Waals surface area contributed by atoms with E-state index in [1.807, 2.05) is 26.0 Å². The minimum absolute atomic E-state index is 0.0129. The number of aromatic nitrogens is 1. The van der Waals surface area contributed by atoms with Crippen LogP contribution in [0.5, 0.6) is 0 Å². The summed E-state index contributed by atoms with van der Waals surface area (Å²) in [7, 11) is 0. The fraction of sp³-hybridized carbons (Fsp3) is 0.227. The number of nitrogen functional groups attached to an aromatic ring is 2. The highest BCUT2D eigenvalue weighted by atomic mass is 35.5. The number of nitrogens with two attached hydrogens (primary N) is 2. The number of thiophene rings is 1. The Bertz CT molecular complexity index is 1230. The summed E-state index contributed by atoms with van der Waals surface area (Å²) >= 11 is 7.92. The lowest BCUT2D eigenvalue weighted by Crippen LogP contribution is -2.30. The number of rotatable bonds is 7. The Balaban J connectivity index is 1.96. The summed E-state index contributed by atoms with van der Waals surface area (Å²) in [5.74, 6) is -0.325. The second-order valence-electron chi connectivity index (χ2n) is 7.47. The first-order chi connectivity index (χ1) is 15.2. The van der Waals surface area contributed by atoms with Crippen molar-refractivity contribution in [3.63, 3.8) is 0 Å². The number of nitrogens with zero attached hydrogens (tertiary/aromatic N) is 2. The van der Waals surface area contributed by atoms with Gasteiger partial charge >= 0.3 is 0 Å². The summed E-state index contributed by atoms with van der Waals surface area (Å²) in [4.78, 5) is 18.7. The maximum atomic E-state index is 12.8. The second-order valence-corrected chi connectivity index (χ2v) is 9.04. The van der Waals surface area contributed by atoms with Crippen LogP contribution < -0.4 is 22.3 Å². The molecule has 0 bridgehead atoms. The summed E-state index contributed by atoms with van der Waals surface area (Å²) < 4.78 is 0.906. The van der Waals surface area contributed by atoms with Crippen LogP contribution in [-0.4, -0.2) is 27.7 Å². The van der Waals surface area contributed by atoms with E-state index in [0.29, 0.717) is 32.4 Å². The van der Waals surface area contributed by atoms with Crippen LogP contribution in [0.4, 0.5) is 5.69 Å². The number of hydrogen-bond acceptors (Lipinski definition) is 6. The van der Waals surface area contributed by atoms with Gasteiger partial charge in [-0.05, 0) is 43.7 Å². The average Bonchev–Trinajstić information content (AvgIpc) is 3.19. The monoisotopic (exact) mass is 472 g/mol. The fourth-order valence-electron chi connectivity index (χ4n) is 3.17. The zero-order valence-electron chi connectivity index (χ0n) is 17.7. The predicted molar refractivity (Wildman–Crippen MR) is 128 cm³/mol. The van der Waals surface area contributed by atoms with E-state index in [-0.39, 0.29) is 36.2 Å². The highest BCUT2D eigenvalue weighted by Gasteiger charge is 2.19. The van der Waals surface area contributed by atoms with E-state index < -0.39 is 0 Å². The molecule has 0 aliphatic heterocycles. The Hall–Kier alpha value is -3.30. The van der Waals surface area contributed by atoms with Crippen molar-refractivity contribution < 1.29 is 10.0 Å². The smallest absolute Gasteiger partial charge is 0.226 e. The lowest BCUT2D eigenvalue weighted by molar-refractivity contribution is -0.120. The zero-order valence-corrected chi connectivity index (χ0v) is 19.3. The standard InChI is InChI=1S/C22H25ClN6O2S/c1-12(2)28-19-9-16(23)21(13-4-3-5-14(24)8-13)17(29(19)31)10-20(30)27-11-15-6-7-18(32-15)22(25)26/h3-9,12,31H,10-11,24H2,1-2H3,(H3,25,26)(H,27,30). The molecular formula is C22H25ClN6O2S. The number of carbonyl (C=O) groups is 1. The lowest BCUT2D eigenvalue weighted by Gasteiger charge is -2.16. The van der Waals surface area contributed by atoms with E-state index in [1.165, 1.54) is 11.3 Å². The lowest BCUT2D eigenvalue weighted by atomic mass is 10.0. The number of halogens is 1. The maximum Gasteiger partial charge on any atom is 0.226 e. The SMILES string of the molecule is CC(C)N=c1cc(Cl)c(-c2cccc(N)c2)c(CC(=O)NCc2ccc(C(=N)N)s2)n1O. The molecule has 0 aliphatic carbocycles. The molecule has 168 valence electrons. The molecule has 3 rings (SSSR count). The van der Waals surface area contributed by atoms with Gasteiger partial charge in [0.2, 0.25) is 5.91 Å².